The first-order chi connectivity index (χ1) is 5.12. The Hall–Kier alpha value is -0.810. The monoisotopic (exact) mass is 162 g/mol. The largest absolute Gasteiger partial charge is 0.513 e. The molecule has 64 valence electrons. The van der Waals surface area contributed by atoms with E-state index in [-0.39, 0.29) is 0 Å². The van der Waals surface area contributed by atoms with E-state index in [2.05, 4.69) is 4.74 Å². The normalized spacial score (nSPS) is 36.6. The summed E-state index contributed by atoms with van der Waals surface area (Å²) < 4.78 is 19.0. The molecule has 5 nitrogen and oxygen atoms in total. The fraction of sp³-hybridized carbons (Fsp3) is 0.833. The van der Waals surface area contributed by atoms with E-state index in [4.69, 9.17) is 14.2 Å². The number of ether oxygens (including phenoxy) is 4. The Morgan fingerprint density at radius 2 is 2.18 bits per heavy atom. The highest BCUT2D eigenvalue weighted by Gasteiger charge is 2.49. The van der Waals surface area contributed by atoms with Crippen molar-refractivity contribution in [2.24, 2.45) is 0 Å². The van der Waals surface area contributed by atoms with Crippen molar-refractivity contribution in [2.45, 2.75) is 19.0 Å². The summed E-state index contributed by atoms with van der Waals surface area (Å²) in [4.78, 5) is 10.6. The van der Waals surface area contributed by atoms with Gasteiger partial charge in [0.2, 0.25) is 0 Å². The van der Waals surface area contributed by atoms with Crippen molar-refractivity contribution in [2.75, 3.05) is 14.2 Å². The number of methoxy groups -OCH3 is 2. The lowest BCUT2D eigenvalue weighted by molar-refractivity contribution is -0.237. The molecular weight excluding hydrogens is 152 g/mol. The second-order valence-electron chi connectivity index (χ2n) is 2.26. The number of rotatable bonds is 2. The van der Waals surface area contributed by atoms with Gasteiger partial charge < -0.3 is 18.9 Å². The zero-order valence-electron chi connectivity index (χ0n) is 6.62. The molecule has 0 bridgehead atoms. The van der Waals surface area contributed by atoms with Crippen molar-refractivity contribution in [3.63, 3.8) is 0 Å². The van der Waals surface area contributed by atoms with Crippen LogP contribution in [-0.4, -0.2) is 32.5 Å². The van der Waals surface area contributed by atoms with Gasteiger partial charge in [0.1, 0.15) is 0 Å². The van der Waals surface area contributed by atoms with Crippen molar-refractivity contribution in [1.29, 1.82) is 0 Å². The smallest absolute Gasteiger partial charge is 0.397 e. The third kappa shape index (κ3) is 1.29. The van der Waals surface area contributed by atoms with E-state index in [0.29, 0.717) is 0 Å². The number of carbonyl (C=O) groups excluding carboxylic acids is 1. The minimum atomic E-state index is -1.12. The molecule has 1 fully saturated rings. The minimum Gasteiger partial charge on any atom is -0.397 e. The van der Waals surface area contributed by atoms with Gasteiger partial charge in [-0.1, -0.05) is 0 Å². The van der Waals surface area contributed by atoms with Crippen molar-refractivity contribution in [1.82, 2.24) is 0 Å². The van der Waals surface area contributed by atoms with Crippen LogP contribution < -0.4 is 0 Å². The van der Waals surface area contributed by atoms with Gasteiger partial charge in [0, 0.05) is 21.1 Å². The molecule has 11 heavy (non-hydrogen) atoms. The summed E-state index contributed by atoms with van der Waals surface area (Å²) in [5.41, 5.74) is 0. The Balaban J connectivity index is 2.71. The van der Waals surface area contributed by atoms with E-state index in [1.165, 1.54) is 14.2 Å². The zero-order chi connectivity index (χ0) is 8.48. The van der Waals surface area contributed by atoms with Crippen LogP contribution in [0.5, 0.6) is 0 Å². The Bertz CT molecular complexity index is 168. The molecule has 0 N–H and O–H groups in total. The quantitative estimate of drug-likeness (QED) is 0.553. The third-order valence-electron chi connectivity index (χ3n) is 1.54. The number of cyclic esters (lactones) is 2. The van der Waals surface area contributed by atoms with E-state index in [1.807, 2.05) is 0 Å². The lowest BCUT2D eigenvalue weighted by Crippen LogP contribution is -2.39. The van der Waals surface area contributed by atoms with Gasteiger partial charge in [0.25, 0.3) is 12.1 Å². The van der Waals surface area contributed by atoms with Crippen molar-refractivity contribution < 1.29 is 23.7 Å². The summed E-state index contributed by atoms with van der Waals surface area (Å²) in [6.07, 6.45) is -1.57. The molecule has 1 rings (SSSR count). The molecule has 0 saturated carbocycles. The fourth-order valence-electron chi connectivity index (χ4n) is 0.832. The first kappa shape index (κ1) is 8.29. The van der Waals surface area contributed by atoms with Gasteiger partial charge in [-0.2, -0.15) is 0 Å². The molecule has 0 spiro atoms. The van der Waals surface area contributed by atoms with Crippen LogP contribution in [0, 0.1) is 0 Å². The summed E-state index contributed by atoms with van der Waals surface area (Å²) >= 11 is 0. The molecule has 0 aromatic rings. The van der Waals surface area contributed by atoms with Crippen LogP contribution in [0.4, 0.5) is 4.79 Å². The van der Waals surface area contributed by atoms with Crippen LogP contribution in [-0.2, 0) is 18.9 Å². The third-order valence-corrected chi connectivity index (χ3v) is 1.54. The molecular formula is C6H10O5. The van der Waals surface area contributed by atoms with Crippen LogP contribution in [0.3, 0.4) is 0 Å². The SMILES string of the molecule is COC1OC(=O)OC1(C)OC. The number of hydrogen-bond donors (Lipinski definition) is 0. The summed E-state index contributed by atoms with van der Waals surface area (Å²) in [5.74, 6) is -1.12. The number of carbonyl (C=O) groups is 1. The predicted octanol–water partition coefficient (Wildman–Crippen LogP) is 0.488. The van der Waals surface area contributed by atoms with Crippen LogP contribution >= 0.6 is 0 Å². The summed E-state index contributed by atoms with van der Waals surface area (Å²) in [6, 6.07) is 0. The number of hydrogen-bond acceptors (Lipinski definition) is 5. The van der Waals surface area contributed by atoms with Crippen molar-refractivity contribution in [3.05, 3.63) is 0 Å². The van der Waals surface area contributed by atoms with Crippen LogP contribution in [0.15, 0.2) is 0 Å². The molecule has 2 unspecified atom stereocenters. The topological polar surface area (TPSA) is 54.0 Å². The van der Waals surface area contributed by atoms with E-state index in [9.17, 15) is 4.79 Å². The molecule has 1 aliphatic heterocycles. The molecule has 1 saturated heterocycles. The highest BCUT2D eigenvalue weighted by Crippen LogP contribution is 2.27. The van der Waals surface area contributed by atoms with Crippen molar-refractivity contribution in [3.8, 4) is 0 Å². The second-order valence-corrected chi connectivity index (χ2v) is 2.26. The maximum Gasteiger partial charge on any atom is 0.513 e. The van der Waals surface area contributed by atoms with Crippen LogP contribution in [0.2, 0.25) is 0 Å². The van der Waals surface area contributed by atoms with Gasteiger partial charge in [-0.25, -0.2) is 4.79 Å². The molecule has 0 aromatic heterocycles. The summed E-state index contributed by atoms with van der Waals surface area (Å²) in [5, 5.41) is 0. The summed E-state index contributed by atoms with van der Waals surface area (Å²) in [6.45, 7) is 1.56. The average molecular weight is 162 g/mol. The highest BCUT2D eigenvalue weighted by atomic mass is 16.9. The molecule has 1 heterocycles. The maximum atomic E-state index is 10.6. The Morgan fingerprint density at radius 1 is 1.55 bits per heavy atom. The molecule has 5 heteroatoms. The van der Waals surface area contributed by atoms with E-state index in [1.54, 1.807) is 6.92 Å². The van der Waals surface area contributed by atoms with Gasteiger partial charge in [-0.05, 0) is 0 Å². The van der Waals surface area contributed by atoms with Crippen molar-refractivity contribution >= 4 is 6.16 Å². The Labute approximate surface area is 64.2 Å². The predicted molar refractivity (Wildman–Crippen MR) is 33.8 cm³/mol. The molecule has 0 amide bonds. The first-order valence-corrected chi connectivity index (χ1v) is 3.10. The Kier molecular flexibility index (Phi) is 2.01. The fourth-order valence-corrected chi connectivity index (χ4v) is 0.832. The summed E-state index contributed by atoms with van der Waals surface area (Å²) in [7, 11) is 2.82. The maximum absolute atomic E-state index is 10.6. The molecule has 0 aromatic carbocycles. The van der Waals surface area contributed by atoms with Gasteiger partial charge in [-0.15, -0.1) is 0 Å². The average Bonchev–Trinajstić information content (AvgIpc) is 2.27. The lowest BCUT2D eigenvalue weighted by Gasteiger charge is -2.22. The van der Waals surface area contributed by atoms with Gasteiger partial charge in [0.05, 0.1) is 0 Å². The molecule has 2 atom stereocenters. The lowest BCUT2D eigenvalue weighted by atomic mass is 10.3. The van der Waals surface area contributed by atoms with Gasteiger partial charge in [0.15, 0.2) is 0 Å². The van der Waals surface area contributed by atoms with Crippen LogP contribution in [0.1, 0.15) is 6.92 Å². The Morgan fingerprint density at radius 3 is 2.55 bits per heavy atom. The first-order valence-electron chi connectivity index (χ1n) is 3.10. The standard InChI is InChI=1S/C6H10O5/c1-6(9-3)4(8-2)10-5(7)11-6/h4H,1-3H3. The van der Waals surface area contributed by atoms with Crippen LogP contribution in [0.25, 0.3) is 0 Å². The second kappa shape index (κ2) is 2.67. The zero-order valence-corrected chi connectivity index (χ0v) is 6.62. The molecule has 1 aliphatic rings. The molecule has 0 radical (unpaired) electrons. The van der Waals surface area contributed by atoms with Gasteiger partial charge >= 0.3 is 6.16 Å². The van der Waals surface area contributed by atoms with Gasteiger partial charge in [-0.3, -0.25) is 0 Å². The van der Waals surface area contributed by atoms with E-state index in [0.717, 1.165) is 0 Å². The minimum absolute atomic E-state index is 0.777. The highest BCUT2D eigenvalue weighted by molar-refractivity contribution is 5.62. The molecule has 0 aliphatic carbocycles. The van der Waals surface area contributed by atoms with E-state index >= 15 is 0 Å². The van der Waals surface area contributed by atoms with E-state index < -0.39 is 18.2 Å².